The fourth-order valence-corrected chi connectivity index (χ4v) is 0.598. The van der Waals surface area contributed by atoms with E-state index in [4.69, 9.17) is 11.5 Å². The van der Waals surface area contributed by atoms with E-state index in [9.17, 15) is 0 Å². The lowest BCUT2D eigenvalue weighted by Crippen LogP contribution is -2.32. The fraction of sp³-hybridized carbons (Fsp3) is 0.750. The molecule has 3 nitrogen and oxygen atoms in total. The van der Waals surface area contributed by atoms with Crippen LogP contribution in [0.15, 0.2) is 4.99 Å². The number of hydrogen-bond donors (Lipinski definition) is 2. The summed E-state index contributed by atoms with van der Waals surface area (Å²) in [5, 5.41) is 0. The largest absolute Gasteiger partial charge is 0.386 e. The smallest absolute Gasteiger partial charge is 0.111 e. The van der Waals surface area contributed by atoms with Gasteiger partial charge in [-0.05, 0) is 6.42 Å². The highest BCUT2D eigenvalue weighted by atomic mass is 14.9. The lowest BCUT2D eigenvalue weighted by atomic mass is 10.2. The number of nitrogens with two attached hydrogens (primary N) is 2. The Labute approximate surface area is 42.4 Å². The molecule has 0 aromatic rings. The normalized spacial score (nSPS) is 30.4. The molecule has 0 amide bonds. The third-order valence-corrected chi connectivity index (χ3v) is 1.11. The Morgan fingerprint density at radius 1 is 1.71 bits per heavy atom. The van der Waals surface area contributed by atoms with E-state index in [1.165, 1.54) is 0 Å². The van der Waals surface area contributed by atoms with Gasteiger partial charge in [0.25, 0.3) is 0 Å². The van der Waals surface area contributed by atoms with Crippen molar-refractivity contribution in [2.75, 3.05) is 6.54 Å². The molecule has 0 aromatic carbocycles. The first kappa shape index (κ1) is 4.59. The van der Waals surface area contributed by atoms with Gasteiger partial charge >= 0.3 is 0 Å². The van der Waals surface area contributed by atoms with Crippen molar-refractivity contribution in [3.05, 3.63) is 0 Å². The van der Waals surface area contributed by atoms with Gasteiger partial charge in [0.1, 0.15) is 5.84 Å². The quantitative estimate of drug-likeness (QED) is 0.412. The Morgan fingerprint density at radius 2 is 2.43 bits per heavy atom. The Balaban J connectivity index is 2.54. The van der Waals surface area contributed by atoms with Crippen LogP contribution < -0.4 is 11.5 Å². The topological polar surface area (TPSA) is 64.4 Å². The molecular weight excluding hydrogens is 90.1 g/mol. The zero-order valence-corrected chi connectivity index (χ0v) is 4.09. The number of aliphatic imine (C=N–C) groups is 1. The zero-order valence-electron chi connectivity index (χ0n) is 4.09. The molecule has 0 spiro atoms. The third kappa shape index (κ3) is 0.718. The van der Waals surface area contributed by atoms with Gasteiger partial charge in [-0.15, -0.1) is 0 Å². The second kappa shape index (κ2) is 1.50. The van der Waals surface area contributed by atoms with E-state index >= 15 is 0 Å². The number of rotatable bonds is 0. The maximum absolute atomic E-state index is 5.42. The van der Waals surface area contributed by atoms with Crippen LogP contribution in [0.4, 0.5) is 0 Å². The van der Waals surface area contributed by atoms with Crippen molar-refractivity contribution in [2.45, 2.75) is 12.5 Å². The first-order valence-electron chi connectivity index (χ1n) is 2.36. The Bertz CT molecular complexity index is 97.1. The van der Waals surface area contributed by atoms with Crippen molar-refractivity contribution in [3.63, 3.8) is 0 Å². The van der Waals surface area contributed by atoms with Gasteiger partial charge in [-0.2, -0.15) is 0 Å². The molecule has 0 saturated carbocycles. The summed E-state index contributed by atoms with van der Waals surface area (Å²) in [6, 6.07) is 0.0417. The summed E-state index contributed by atoms with van der Waals surface area (Å²) >= 11 is 0. The highest BCUT2D eigenvalue weighted by Crippen LogP contribution is 1.96. The summed E-state index contributed by atoms with van der Waals surface area (Å²) in [5.41, 5.74) is 10.7. The van der Waals surface area contributed by atoms with E-state index in [1.807, 2.05) is 0 Å². The van der Waals surface area contributed by atoms with E-state index in [0.717, 1.165) is 13.0 Å². The van der Waals surface area contributed by atoms with Gasteiger partial charge < -0.3 is 11.5 Å². The average molecular weight is 99.1 g/mol. The van der Waals surface area contributed by atoms with Crippen LogP contribution in [0.25, 0.3) is 0 Å². The highest BCUT2D eigenvalue weighted by Gasteiger charge is 2.11. The van der Waals surface area contributed by atoms with Crippen LogP contribution >= 0.6 is 0 Å². The second-order valence-electron chi connectivity index (χ2n) is 1.70. The van der Waals surface area contributed by atoms with Crippen molar-refractivity contribution in [1.29, 1.82) is 0 Å². The average Bonchev–Trinajstić information content (AvgIpc) is 1.91. The molecule has 1 aliphatic rings. The van der Waals surface area contributed by atoms with E-state index < -0.39 is 0 Å². The molecule has 0 bridgehead atoms. The highest BCUT2D eigenvalue weighted by molar-refractivity contribution is 5.86. The number of hydrogen-bond acceptors (Lipinski definition) is 3. The van der Waals surface area contributed by atoms with Crippen molar-refractivity contribution in [1.82, 2.24) is 0 Å². The summed E-state index contributed by atoms with van der Waals surface area (Å²) in [5.74, 6) is 0.611. The summed E-state index contributed by atoms with van der Waals surface area (Å²) < 4.78 is 0. The van der Waals surface area contributed by atoms with E-state index in [0.29, 0.717) is 5.84 Å². The zero-order chi connectivity index (χ0) is 5.28. The van der Waals surface area contributed by atoms with Gasteiger partial charge in [0.05, 0.1) is 6.04 Å². The van der Waals surface area contributed by atoms with Crippen LogP contribution in [0.2, 0.25) is 0 Å². The molecule has 0 fully saturated rings. The van der Waals surface area contributed by atoms with Gasteiger partial charge in [0.2, 0.25) is 0 Å². The van der Waals surface area contributed by atoms with Gasteiger partial charge in [-0.1, -0.05) is 0 Å². The molecule has 0 aliphatic carbocycles. The minimum Gasteiger partial charge on any atom is -0.386 e. The maximum Gasteiger partial charge on any atom is 0.111 e. The SMILES string of the molecule is NC1=NCCC1N. The minimum absolute atomic E-state index is 0.0417. The lowest BCUT2D eigenvalue weighted by Gasteiger charge is -1.96. The third-order valence-electron chi connectivity index (χ3n) is 1.11. The molecular formula is C4H9N3. The number of nitrogens with zero attached hydrogens (tertiary/aromatic N) is 1. The standard InChI is InChI=1S/C4H9N3/c5-3-1-2-7-4(3)6/h3H,1-2,5H2,(H2,6,7). The summed E-state index contributed by atoms with van der Waals surface area (Å²) in [6.45, 7) is 0.812. The Kier molecular flexibility index (Phi) is 0.982. The molecule has 3 heteroatoms. The second-order valence-corrected chi connectivity index (χ2v) is 1.70. The van der Waals surface area contributed by atoms with E-state index in [-0.39, 0.29) is 6.04 Å². The molecule has 0 radical (unpaired) electrons. The Morgan fingerprint density at radius 3 is 2.57 bits per heavy atom. The van der Waals surface area contributed by atoms with Gasteiger partial charge in [0, 0.05) is 6.54 Å². The molecule has 1 aliphatic heterocycles. The van der Waals surface area contributed by atoms with Gasteiger partial charge in [-0.25, -0.2) is 0 Å². The maximum atomic E-state index is 5.42. The Hall–Kier alpha value is -0.570. The van der Waals surface area contributed by atoms with Gasteiger partial charge in [0.15, 0.2) is 0 Å². The van der Waals surface area contributed by atoms with E-state index in [1.54, 1.807) is 0 Å². The molecule has 0 saturated heterocycles. The van der Waals surface area contributed by atoms with Crippen LogP contribution in [0.1, 0.15) is 6.42 Å². The van der Waals surface area contributed by atoms with E-state index in [2.05, 4.69) is 4.99 Å². The lowest BCUT2D eigenvalue weighted by molar-refractivity contribution is 0.818. The van der Waals surface area contributed by atoms with Crippen LogP contribution in [-0.4, -0.2) is 18.4 Å². The van der Waals surface area contributed by atoms with Crippen molar-refractivity contribution >= 4 is 5.84 Å². The fourth-order valence-electron chi connectivity index (χ4n) is 0.598. The first-order valence-corrected chi connectivity index (χ1v) is 2.36. The minimum atomic E-state index is 0.0417. The van der Waals surface area contributed by atoms with Crippen LogP contribution in [0.5, 0.6) is 0 Å². The summed E-state index contributed by atoms with van der Waals surface area (Å²) in [4.78, 5) is 3.89. The molecule has 1 heterocycles. The van der Waals surface area contributed by atoms with Crippen LogP contribution in [0, 0.1) is 0 Å². The molecule has 7 heavy (non-hydrogen) atoms. The molecule has 1 unspecified atom stereocenters. The predicted octanol–water partition coefficient (Wildman–Crippen LogP) is -0.925. The molecule has 4 N–H and O–H groups in total. The van der Waals surface area contributed by atoms with Crippen molar-refractivity contribution in [2.24, 2.45) is 16.5 Å². The first-order chi connectivity index (χ1) is 3.30. The van der Waals surface area contributed by atoms with Gasteiger partial charge in [-0.3, -0.25) is 4.99 Å². The predicted molar refractivity (Wildman–Crippen MR) is 29.1 cm³/mol. The van der Waals surface area contributed by atoms with Crippen LogP contribution in [0.3, 0.4) is 0 Å². The van der Waals surface area contributed by atoms with Crippen molar-refractivity contribution in [3.8, 4) is 0 Å². The summed E-state index contributed by atoms with van der Waals surface area (Å²) in [6.07, 6.45) is 0.922. The van der Waals surface area contributed by atoms with Crippen molar-refractivity contribution < 1.29 is 0 Å². The molecule has 0 aromatic heterocycles. The molecule has 1 atom stereocenters. The molecule has 40 valence electrons. The summed E-state index contributed by atoms with van der Waals surface area (Å²) in [7, 11) is 0. The van der Waals surface area contributed by atoms with Crippen LogP contribution in [-0.2, 0) is 0 Å². The molecule has 1 rings (SSSR count). The number of amidine groups is 1. The monoisotopic (exact) mass is 99.1 g/mol.